The van der Waals surface area contributed by atoms with Crippen molar-refractivity contribution in [1.29, 1.82) is 0 Å². The number of allylic oxidation sites excluding steroid dienone is 1. The molecule has 14 nitrogen and oxygen atoms in total. The first-order valence-corrected chi connectivity index (χ1v) is 23.3. The van der Waals surface area contributed by atoms with E-state index in [-0.39, 0.29) is 41.2 Å². The fourth-order valence-corrected chi connectivity index (χ4v) is 12.8. The first kappa shape index (κ1) is 45.0. The highest BCUT2D eigenvalue weighted by Crippen LogP contribution is 2.66. The monoisotopic (exact) mass is 883 g/mol. The number of aliphatic imine (C=N–C) groups is 1. The summed E-state index contributed by atoms with van der Waals surface area (Å²) in [4.78, 5) is 31.5. The summed E-state index contributed by atoms with van der Waals surface area (Å²) in [6.07, 6.45) is 10.9. The van der Waals surface area contributed by atoms with Gasteiger partial charge in [0.1, 0.15) is 11.6 Å². The zero-order valence-corrected chi connectivity index (χ0v) is 37.8. The van der Waals surface area contributed by atoms with Gasteiger partial charge in [0, 0.05) is 80.1 Å². The number of hydrogen-bond acceptors (Lipinski definition) is 14. The molecule has 0 amide bonds. The van der Waals surface area contributed by atoms with E-state index in [0.29, 0.717) is 94.0 Å². The van der Waals surface area contributed by atoms with Crippen LogP contribution in [0, 0.1) is 35.4 Å². The van der Waals surface area contributed by atoms with E-state index in [1.165, 1.54) is 30.0 Å². The third-order valence-corrected chi connectivity index (χ3v) is 15.0. The van der Waals surface area contributed by atoms with Crippen LogP contribution < -0.4 is 16.0 Å². The summed E-state index contributed by atoms with van der Waals surface area (Å²) in [5.74, 6) is 0.905. The number of pyridine rings is 1. The minimum Gasteiger partial charge on any atom is -0.476 e. The summed E-state index contributed by atoms with van der Waals surface area (Å²) in [6.45, 7) is 13.2. The lowest BCUT2D eigenvalue weighted by Crippen LogP contribution is -2.53. The normalized spacial score (nSPS) is 25.8. The van der Waals surface area contributed by atoms with Crippen molar-refractivity contribution in [2.75, 3.05) is 62.8 Å². The molecule has 6 N–H and O–H groups in total. The average Bonchev–Trinajstić information content (AvgIpc) is 3.61. The van der Waals surface area contributed by atoms with Gasteiger partial charge >= 0.3 is 5.97 Å². The van der Waals surface area contributed by atoms with Gasteiger partial charge in [-0.25, -0.2) is 19.2 Å². The number of nitrogens with two attached hydrogens (primary N) is 1. The molecule has 0 spiro atoms. The van der Waals surface area contributed by atoms with E-state index in [4.69, 9.17) is 20.4 Å². The number of aliphatic hydroxyl groups is 2. The van der Waals surface area contributed by atoms with Gasteiger partial charge in [0.2, 0.25) is 0 Å². The summed E-state index contributed by atoms with van der Waals surface area (Å²) in [7, 11) is 0. The Hall–Kier alpha value is -4.61. The smallest absolute Gasteiger partial charge is 0.355 e. The fourth-order valence-electron chi connectivity index (χ4n) is 11.9. The van der Waals surface area contributed by atoms with Crippen LogP contribution in [-0.2, 0) is 11.2 Å². The maximum Gasteiger partial charge on any atom is 0.355 e. The summed E-state index contributed by atoms with van der Waals surface area (Å²) in [6, 6.07) is 8.40. The Morgan fingerprint density at radius 1 is 1.06 bits per heavy atom. The molecular formula is C47H62FN9O5S. The molecule has 0 radical (unpaired) electrons. The Morgan fingerprint density at radius 2 is 1.83 bits per heavy atom. The number of nitrogens with zero attached hydrogens (tertiary/aromatic N) is 7. The molecule has 4 fully saturated rings. The highest BCUT2D eigenvalue weighted by Gasteiger charge is 2.60. The third-order valence-electron chi connectivity index (χ3n) is 14.0. The molecule has 63 heavy (non-hydrogen) atoms. The molecule has 16 heteroatoms. The van der Waals surface area contributed by atoms with E-state index in [1.807, 2.05) is 24.8 Å². The first-order valence-electron chi connectivity index (χ1n) is 22.5. The second-order valence-corrected chi connectivity index (χ2v) is 20.2. The predicted octanol–water partition coefficient (Wildman–Crippen LogP) is 7.66. The zero-order valence-electron chi connectivity index (χ0n) is 37.0. The van der Waals surface area contributed by atoms with Crippen LogP contribution in [0.5, 0.6) is 0 Å². The Bertz CT molecular complexity index is 2390. The zero-order chi connectivity index (χ0) is 44.5. The number of anilines is 4. The van der Waals surface area contributed by atoms with Gasteiger partial charge in [-0.15, -0.1) is 10.2 Å². The number of nitrogens with one attached hydrogen (secondary N) is 1. The number of ether oxygens (including phenoxy) is 1. The van der Waals surface area contributed by atoms with Gasteiger partial charge in [-0.05, 0) is 125 Å². The second kappa shape index (κ2) is 18.5. The maximum atomic E-state index is 14.4. The summed E-state index contributed by atoms with van der Waals surface area (Å²) in [5, 5.41) is 42.2. The van der Waals surface area contributed by atoms with E-state index in [0.717, 1.165) is 75.7 Å². The van der Waals surface area contributed by atoms with Crippen molar-refractivity contribution in [3.63, 3.8) is 0 Å². The van der Waals surface area contributed by atoms with Crippen LogP contribution in [-0.4, -0.2) is 110 Å². The molecule has 1 aliphatic heterocycles. The molecule has 4 aliphatic carbocycles. The number of thiazole rings is 1. The number of carbonyl (C=O) groups is 1. The molecule has 5 atom stereocenters. The van der Waals surface area contributed by atoms with E-state index >= 15 is 0 Å². The molecule has 4 heterocycles. The van der Waals surface area contributed by atoms with Crippen molar-refractivity contribution in [3.05, 3.63) is 64.7 Å². The number of aromatic nitrogens is 4. The number of aromatic carboxylic acids is 1. The van der Waals surface area contributed by atoms with Gasteiger partial charge < -0.3 is 40.9 Å². The van der Waals surface area contributed by atoms with Crippen LogP contribution in [0.1, 0.15) is 106 Å². The number of benzene rings is 1. The van der Waals surface area contributed by atoms with Crippen molar-refractivity contribution in [2.24, 2.45) is 33.4 Å². The molecule has 9 rings (SSSR count). The Kier molecular flexibility index (Phi) is 13.2. The molecule has 4 aromatic rings. The molecule has 0 saturated heterocycles. The molecule has 4 saturated carbocycles. The largest absolute Gasteiger partial charge is 0.476 e. The summed E-state index contributed by atoms with van der Waals surface area (Å²) < 4.78 is 21.8. The molecule has 338 valence electrons. The summed E-state index contributed by atoms with van der Waals surface area (Å²) >= 11 is 1.22. The predicted molar refractivity (Wildman–Crippen MR) is 246 cm³/mol. The molecule has 5 unspecified atom stereocenters. The lowest BCUT2D eigenvalue weighted by molar-refractivity contribution is -0.165. The van der Waals surface area contributed by atoms with Gasteiger partial charge in [0.25, 0.3) is 0 Å². The van der Waals surface area contributed by atoms with Gasteiger partial charge in [-0.2, -0.15) is 0 Å². The van der Waals surface area contributed by atoms with Gasteiger partial charge in [0.15, 0.2) is 22.5 Å². The van der Waals surface area contributed by atoms with Crippen LogP contribution in [0.15, 0.2) is 41.5 Å². The molecule has 1 aromatic carbocycles. The van der Waals surface area contributed by atoms with E-state index in [1.54, 1.807) is 18.2 Å². The van der Waals surface area contributed by atoms with Crippen molar-refractivity contribution < 1.29 is 29.2 Å². The van der Waals surface area contributed by atoms with Gasteiger partial charge in [0.05, 0.1) is 22.4 Å². The molecule has 5 aliphatic rings. The van der Waals surface area contributed by atoms with Crippen molar-refractivity contribution >= 4 is 61.4 Å². The van der Waals surface area contributed by atoms with Crippen LogP contribution in [0.2, 0.25) is 0 Å². The van der Waals surface area contributed by atoms with Gasteiger partial charge in [-0.3, -0.25) is 4.99 Å². The minimum absolute atomic E-state index is 0.117. The highest BCUT2D eigenvalue weighted by molar-refractivity contribution is 7.22. The number of fused-ring (bicyclic) bond motifs is 3. The van der Waals surface area contributed by atoms with E-state index in [9.17, 15) is 24.5 Å². The number of halogens is 1. The Balaban J connectivity index is 0.981. The standard InChI is InChI=1S/C47H62FN9O5S/c1-29-33-9-6-16-57(42(33)55-54-41(29)53-44-51-37-11-5-10-36(48)40(37)63-44)38-13-12-34(39(52-38)43(60)61)35(24-49)30(2)50-25-32-22-46(4)26-45(3)21-31(32)23-47(27-45,28-46)62-20-17-56(14-7-18-58)15-8-19-59/h5,10-13,24,31-32,58-59H,6-9,14-23,25-28,49H2,1-4H3,(H,60,61)(H,51,53,54). The average molecular weight is 884 g/mol. The van der Waals surface area contributed by atoms with Crippen molar-refractivity contribution in [3.8, 4) is 0 Å². The number of hydrogen-bond donors (Lipinski definition) is 5. The molecule has 4 bridgehead atoms. The molecular weight excluding hydrogens is 822 g/mol. The van der Waals surface area contributed by atoms with Crippen molar-refractivity contribution in [1.82, 2.24) is 25.1 Å². The van der Waals surface area contributed by atoms with Crippen LogP contribution in [0.4, 0.5) is 27.0 Å². The second-order valence-electron chi connectivity index (χ2n) is 19.2. The number of carboxylic acid groups (broad SMARTS) is 1. The SMILES string of the molecule is CC(=NCC1CC2(C)CC3(C)CC1CC(OCCN(CCCO)CCCO)(C2)C3)C(=CN)c1ccc(N2CCCc3c2nnc(Nc2nc4cccc(F)c4s2)c3C)nc1C(=O)O. The minimum atomic E-state index is -1.17. The Morgan fingerprint density at radius 3 is 2.54 bits per heavy atom. The number of carboxylic acids is 1. The van der Waals surface area contributed by atoms with Crippen LogP contribution in [0.25, 0.3) is 15.8 Å². The van der Waals surface area contributed by atoms with Crippen molar-refractivity contribution in [2.45, 2.75) is 97.5 Å². The third kappa shape index (κ3) is 9.47. The van der Waals surface area contributed by atoms with E-state index in [2.05, 4.69) is 39.2 Å². The fraction of sp³-hybridized carbons (Fsp3) is 0.574. The Labute approximate surface area is 372 Å². The van der Waals surface area contributed by atoms with E-state index < -0.39 is 5.97 Å². The maximum absolute atomic E-state index is 14.4. The van der Waals surface area contributed by atoms with Crippen LogP contribution in [0.3, 0.4) is 0 Å². The topological polar surface area (TPSA) is 195 Å². The first-order chi connectivity index (χ1) is 30.2. The van der Waals surface area contributed by atoms with Crippen LogP contribution >= 0.6 is 11.3 Å². The molecule has 3 aromatic heterocycles. The number of rotatable bonds is 18. The lowest BCUT2D eigenvalue weighted by atomic mass is 9.53. The van der Waals surface area contributed by atoms with Gasteiger partial charge in [-0.1, -0.05) is 31.3 Å². The lowest BCUT2D eigenvalue weighted by Gasteiger charge is -2.56. The summed E-state index contributed by atoms with van der Waals surface area (Å²) in [5.41, 5.74) is 10.3. The number of aliphatic hydroxyl groups excluding tert-OH is 2. The highest BCUT2D eigenvalue weighted by atomic mass is 32.1. The quantitative estimate of drug-likeness (QED) is 0.0612.